The summed E-state index contributed by atoms with van der Waals surface area (Å²) in [5, 5.41) is 15.6. The molecule has 138 valence electrons. The van der Waals surface area contributed by atoms with Crippen LogP contribution in [-0.4, -0.2) is 41.3 Å². The molecule has 7 nitrogen and oxygen atoms in total. The van der Waals surface area contributed by atoms with E-state index in [4.69, 9.17) is 4.74 Å². The van der Waals surface area contributed by atoms with E-state index in [0.29, 0.717) is 30.8 Å². The Morgan fingerprint density at radius 3 is 2.85 bits per heavy atom. The van der Waals surface area contributed by atoms with Gasteiger partial charge in [-0.25, -0.2) is 0 Å². The fourth-order valence-corrected chi connectivity index (χ4v) is 3.43. The normalized spacial score (nSPS) is 16.5. The predicted molar refractivity (Wildman–Crippen MR) is 99.5 cm³/mol. The smallest absolute Gasteiger partial charge is 0.253 e. The molecule has 3 rings (SSSR count). The summed E-state index contributed by atoms with van der Waals surface area (Å²) in [6, 6.07) is 5.28. The highest BCUT2D eigenvalue weighted by molar-refractivity contribution is 7.11. The molecule has 2 heterocycles. The van der Waals surface area contributed by atoms with E-state index in [1.807, 2.05) is 19.9 Å². The van der Waals surface area contributed by atoms with Gasteiger partial charge in [-0.2, -0.15) is 0 Å². The number of amides is 2. The van der Waals surface area contributed by atoms with Gasteiger partial charge in [0.05, 0.1) is 0 Å². The van der Waals surface area contributed by atoms with Gasteiger partial charge in [0.1, 0.15) is 16.1 Å². The molecule has 0 saturated carbocycles. The second kappa shape index (κ2) is 8.37. The van der Waals surface area contributed by atoms with E-state index in [2.05, 4.69) is 20.8 Å². The van der Waals surface area contributed by atoms with Crippen LogP contribution >= 0.6 is 11.3 Å². The Bertz CT molecular complexity index is 799. The Morgan fingerprint density at radius 1 is 1.31 bits per heavy atom. The number of ether oxygens (including phenoxy) is 1. The molecular formula is C18H22N4O3S. The number of aromatic nitrogens is 2. The monoisotopic (exact) mass is 374 g/mol. The molecule has 0 bridgehead atoms. The first kappa shape index (κ1) is 18.5. The van der Waals surface area contributed by atoms with Gasteiger partial charge in [-0.3, -0.25) is 9.59 Å². The number of carbonyl (C=O) groups is 2. The molecule has 1 saturated heterocycles. The lowest BCUT2D eigenvalue weighted by atomic mass is 10.1. The van der Waals surface area contributed by atoms with Gasteiger partial charge >= 0.3 is 0 Å². The van der Waals surface area contributed by atoms with E-state index in [0.717, 1.165) is 28.4 Å². The number of nitrogens with zero attached hydrogens (tertiary/aromatic N) is 2. The third kappa shape index (κ3) is 4.64. The van der Waals surface area contributed by atoms with E-state index in [-0.39, 0.29) is 11.8 Å². The maximum Gasteiger partial charge on any atom is 0.253 e. The molecule has 1 fully saturated rings. The summed E-state index contributed by atoms with van der Waals surface area (Å²) in [6.45, 7) is 4.90. The van der Waals surface area contributed by atoms with E-state index in [1.165, 1.54) is 11.3 Å². The van der Waals surface area contributed by atoms with Crippen LogP contribution in [0.1, 0.15) is 38.8 Å². The van der Waals surface area contributed by atoms with Crippen molar-refractivity contribution in [1.29, 1.82) is 0 Å². The Kier molecular flexibility index (Phi) is 5.95. The molecule has 0 aliphatic carbocycles. The van der Waals surface area contributed by atoms with E-state index >= 15 is 0 Å². The molecule has 2 aromatic rings. The molecule has 2 amide bonds. The molecule has 0 spiro atoms. The second-order valence-corrected chi connectivity index (χ2v) is 7.51. The van der Waals surface area contributed by atoms with Gasteiger partial charge in [-0.05, 0) is 44.4 Å². The Balaban J connectivity index is 1.58. The second-order valence-electron chi connectivity index (χ2n) is 6.24. The van der Waals surface area contributed by atoms with Crippen molar-refractivity contribution in [3.05, 3.63) is 39.3 Å². The zero-order chi connectivity index (χ0) is 18.5. The number of aryl methyl sites for hydroxylation is 2. The van der Waals surface area contributed by atoms with Gasteiger partial charge in [-0.15, -0.1) is 21.5 Å². The number of anilines is 1. The number of nitrogens with one attached hydrogen (secondary N) is 2. The van der Waals surface area contributed by atoms with Gasteiger partial charge in [0, 0.05) is 30.8 Å². The maximum atomic E-state index is 12.4. The van der Waals surface area contributed by atoms with Crippen LogP contribution in [0.3, 0.4) is 0 Å². The third-order valence-electron chi connectivity index (χ3n) is 4.17. The third-order valence-corrected chi connectivity index (χ3v) is 5.07. The number of rotatable bonds is 6. The molecule has 8 heteroatoms. The van der Waals surface area contributed by atoms with Crippen LogP contribution in [0.4, 0.5) is 5.69 Å². The number of carbonyl (C=O) groups excluding carboxylic acids is 2. The largest absolute Gasteiger partial charge is 0.368 e. The van der Waals surface area contributed by atoms with Crippen LogP contribution in [0, 0.1) is 13.8 Å². The van der Waals surface area contributed by atoms with Crippen molar-refractivity contribution in [2.75, 3.05) is 18.5 Å². The fraction of sp³-hybridized carbons (Fsp3) is 0.444. The number of hydrogen-bond acceptors (Lipinski definition) is 6. The van der Waals surface area contributed by atoms with E-state index < -0.39 is 6.10 Å². The van der Waals surface area contributed by atoms with Crippen molar-refractivity contribution in [2.24, 2.45) is 0 Å². The first-order valence-corrected chi connectivity index (χ1v) is 9.45. The molecule has 1 aliphatic heterocycles. The van der Waals surface area contributed by atoms with Crippen molar-refractivity contribution in [3.8, 4) is 0 Å². The van der Waals surface area contributed by atoms with Crippen LogP contribution in [0.25, 0.3) is 0 Å². The van der Waals surface area contributed by atoms with Gasteiger partial charge in [0.15, 0.2) is 0 Å². The van der Waals surface area contributed by atoms with Crippen LogP contribution < -0.4 is 10.6 Å². The van der Waals surface area contributed by atoms with Crippen LogP contribution in [-0.2, 0) is 16.0 Å². The van der Waals surface area contributed by atoms with Crippen LogP contribution in [0.5, 0.6) is 0 Å². The Hall–Kier alpha value is -2.32. The summed E-state index contributed by atoms with van der Waals surface area (Å²) >= 11 is 1.53. The number of hydrogen-bond donors (Lipinski definition) is 2. The van der Waals surface area contributed by atoms with Crippen molar-refractivity contribution in [2.45, 2.75) is 39.2 Å². The molecule has 1 aromatic heterocycles. The van der Waals surface area contributed by atoms with Gasteiger partial charge in [0.25, 0.3) is 11.8 Å². The lowest BCUT2D eigenvalue weighted by Gasteiger charge is -2.13. The molecular weight excluding hydrogens is 352 g/mol. The maximum absolute atomic E-state index is 12.4. The summed E-state index contributed by atoms with van der Waals surface area (Å²) in [4.78, 5) is 24.6. The number of benzene rings is 1. The van der Waals surface area contributed by atoms with Crippen LogP contribution in [0.2, 0.25) is 0 Å². The molecule has 0 radical (unpaired) electrons. The minimum Gasteiger partial charge on any atom is -0.368 e. The van der Waals surface area contributed by atoms with Crippen molar-refractivity contribution in [1.82, 2.24) is 15.5 Å². The lowest BCUT2D eigenvalue weighted by molar-refractivity contribution is -0.124. The highest BCUT2D eigenvalue weighted by Crippen LogP contribution is 2.20. The predicted octanol–water partition coefficient (Wildman–Crippen LogP) is 2.24. The van der Waals surface area contributed by atoms with Crippen molar-refractivity contribution >= 4 is 28.8 Å². The van der Waals surface area contributed by atoms with Gasteiger partial charge in [0.2, 0.25) is 0 Å². The highest BCUT2D eigenvalue weighted by Gasteiger charge is 2.24. The average Bonchev–Trinajstić information content (AvgIpc) is 3.28. The molecule has 1 aromatic carbocycles. The first-order chi connectivity index (χ1) is 12.5. The zero-order valence-electron chi connectivity index (χ0n) is 14.9. The summed E-state index contributed by atoms with van der Waals surface area (Å²) in [5.41, 5.74) is 2.04. The molecule has 1 aliphatic rings. The fourth-order valence-electron chi connectivity index (χ4n) is 2.72. The zero-order valence-corrected chi connectivity index (χ0v) is 15.7. The topological polar surface area (TPSA) is 93.2 Å². The van der Waals surface area contributed by atoms with Crippen LogP contribution in [0.15, 0.2) is 18.2 Å². The highest BCUT2D eigenvalue weighted by atomic mass is 32.1. The summed E-state index contributed by atoms with van der Waals surface area (Å²) < 4.78 is 5.40. The van der Waals surface area contributed by atoms with Crippen molar-refractivity contribution in [3.63, 3.8) is 0 Å². The minimum absolute atomic E-state index is 0.158. The summed E-state index contributed by atoms with van der Waals surface area (Å²) in [6.07, 6.45) is 1.87. The van der Waals surface area contributed by atoms with Gasteiger partial charge in [-0.1, -0.05) is 6.07 Å². The minimum atomic E-state index is -0.401. The SMILES string of the molecule is Cc1nnc(CCNC(=O)c2ccc(C)c(NC(=O)C3CCCO3)c2)s1. The lowest BCUT2D eigenvalue weighted by Crippen LogP contribution is -2.28. The van der Waals surface area contributed by atoms with E-state index in [1.54, 1.807) is 12.1 Å². The molecule has 2 N–H and O–H groups in total. The van der Waals surface area contributed by atoms with E-state index in [9.17, 15) is 9.59 Å². The first-order valence-electron chi connectivity index (χ1n) is 8.63. The average molecular weight is 374 g/mol. The molecule has 1 unspecified atom stereocenters. The van der Waals surface area contributed by atoms with Gasteiger partial charge < -0.3 is 15.4 Å². The van der Waals surface area contributed by atoms with Crippen molar-refractivity contribution < 1.29 is 14.3 Å². The standard InChI is InChI=1S/C18H22N4O3S/c1-11-5-6-13(10-14(11)20-18(24)15-4-3-9-25-15)17(23)19-8-7-16-22-21-12(2)26-16/h5-6,10,15H,3-4,7-9H2,1-2H3,(H,19,23)(H,20,24). The summed E-state index contributed by atoms with van der Waals surface area (Å²) in [5.74, 6) is -0.339. The molecule has 26 heavy (non-hydrogen) atoms. The summed E-state index contributed by atoms with van der Waals surface area (Å²) in [7, 11) is 0. The molecule has 1 atom stereocenters. The Labute approximate surface area is 156 Å². The Morgan fingerprint density at radius 2 is 2.15 bits per heavy atom. The quantitative estimate of drug-likeness (QED) is 0.809.